The molecule has 0 N–H and O–H groups in total. The van der Waals surface area contributed by atoms with E-state index in [1.165, 1.54) is 18.2 Å². The maximum absolute atomic E-state index is 13.9. The molecule has 4 atom stereocenters. The fourth-order valence-corrected chi connectivity index (χ4v) is 5.68. The topological polar surface area (TPSA) is 113 Å². The normalized spacial score (nSPS) is 23.9. The van der Waals surface area contributed by atoms with Crippen LogP contribution in [-0.2, 0) is 9.59 Å². The van der Waals surface area contributed by atoms with Crippen molar-refractivity contribution in [1.29, 1.82) is 0 Å². The number of Topliss-reactive ketones (excluding diaryl/α,β-unsaturated/α-hetero) is 1. The van der Waals surface area contributed by atoms with Crippen molar-refractivity contribution in [2.24, 2.45) is 16.9 Å². The number of nitro groups is 1. The number of amides is 2. The van der Waals surface area contributed by atoms with E-state index in [1.807, 2.05) is 24.3 Å². The van der Waals surface area contributed by atoms with E-state index in [0.717, 1.165) is 16.0 Å². The Morgan fingerprint density at radius 3 is 2.36 bits per heavy atom. The van der Waals surface area contributed by atoms with Gasteiger partial charge in [-0.15, -0.1) is 0 Å². The molecule has 0 radical (unpaired) electrons. The number of aryl methyl sites for hydroxylation is 1. The largest absolute Gasteiger partial charge is 0.292 e. The number of hydrogen-bond acceptors (Lipinski definition) is 7. The van der Waals surface area contributed by atoms with Crippen molar-refractivity contribution in [3.63, 3.8) is 0 Å². The van der Waals surface area contributed by atoms with Crippen molar-refractivity contribution in [3.05, 3.63) is 105 Å². The molecular formula is C27H20N4O5. The summed E-state index contributed by atoms with van der Waals surface area (Å²) in [5, 5.41) is 17.4. The van der Waals surface area contributed by atoms with E-state index in [2.05, 4.69) is 5.10 Å². The highest BCUT2D eigenvalue weighted by Crippen LogP contribution is 2.53. The van der Waals surface area contributed by atoms with E-state index in [9.17, 15) is 24.5 Å². The highest BCUT2D eigenvalue weighted by Gasteiger charge is 2.65. The van der Waals surface area contributed by atoms with Gasteiger partial charge in [-0.3, -0.25) is 29.5 Å². The van der Waals surface area contributed by atoms with Crippen LogP contribution in [0.15, 0.2) is 77.9 Å². The second kappa shape index (κ2) is 7.94. The Balaban J connectivity index is 1.49. The second-order valence-electron chi connectivity index (χ2n) is 9.16. The molecule has 0 spiro atoms. The predicted octanol–water partition coefficient (Wildman–Crippen LogP) is 3.66. The quantitative estimate of drug-likeness (QED) is 0.244. The Kier molecular flexibility index (Phi) is 4.82. The van der Waals surface area contributed by atoms with E-state index in [1.54, 1.807) is 48.5 Å². The van der Waals surface area contributed by atoms with Crippen molar-refractivity contribution >= 4 is 35.2 Å². The molecular weight excluding hydrogens is 460 g/mol. The van der Waals surface area contributed by atoms with Crippen LogP contribution >= 0.6 is 0 Å². The van der Waals surface area contributed by atoms with Crippen molar-refractivity contribution in [2.45, 2.75) is 19.0 Å². The van der Waals surface area contributed by atoms with Gasteiger partial charge in [0.15, 0.2) is 5.78 Å². The summed E-state index contributed by atoms with van der Waals surface area (Å²) >= 11 is 0. The van der Waals surface area contributed by atoms with Crippen LogP contribution in [-0.4, -0.2) is 39.8 Å². The zero-order chi connectivity index (χ0) is 25.1. The number of hydrogen-bond donors (Lipinski definition) is 0. The van der Waals surface area contributed by atoms with Gasteiger partial charge in [0.2, 0.25) is 11.8 Å². The van der Waals surface area contributed by atoms with Gasteiger partial charge >= 0.3 is 0 Å². The lowest BCUT2D eigenvalue weighted by atomic mass is 9.83. The number of fused-ring (bicyclic) bond motifs is 5. The number of nitro benzene ring substituents is 1. The van der Waals surface area contributed by atoms with Gasteiger partial charge in [-0.1, -0.05) is 54.6 Å². The van der Waals surface area contributed by atoms with Gasteiger partial charge in [-0.2, -0.15) is 5.10 Å². The maximum atomic E-state index is 13.9. The van der Waals surface area contributed by atoms with Crippen LogP contribution < -0.4 is 4.90 Å². The predicted molar refractivity (Wildman–Crippen MR) is 130 cm³/mol. The molecule has 0 aromatic heterocycles. The van der Waals surface area contributed by atoms with Crippen LogP contribution in [0.3, 0.4) is 0 Å². The summed E-state index contributed by atoms with van der Waals surface area (Å²) in [5.41, 5.74) is 2.67. The molecule has 2 amide bonds. The van der Waals surface area contributed by atoms with Gasteiger partial charge in [0.05, 0.1) is 34.7 Å². The molecule has 6 rings (SSSR count). The van der Waals surface area contributed by atoms with E-state index < -0.39 is 40.7 Å². The number of hydrazone groups is 1. The Labute approximate surface area is 205 Å². The van der Waals surface area contributed by atoms with Gasteiger partial charge in [0.1, 0.15) is 6.04 Å². The summed E-state index contributed by atoms with van der Waals surface area (Å²) in [7, 11) is 0. The van der Waals surface area contributed by atoms with Crippen LogP contribution in [0, 0.1) is 28.9 Å². The highest BCUT2D eigenvalue weighted by atomic mass is 16.6. The summed E-state index contributed by atoms with van der Waals surface area (Å²) in [6, 6.07) is 18.7. The molecule has 3 heterocycles. The number of nitrogens with zero attached hydrogens (tertiary/aromatic N) is 4. The molecule has 3 aliphatic rings. The SMILES string of the molecule is Cc1cc([N+](=O)[O-])ccc1N1C(=O)[C@@H]2[C@H](C1=O)[C@H](C(=O)c1ccccc1)N1N=Cc3ccccc3[C@@H]21. The summed E-state index contributed by atoms with van der Waals surface area (Å²) in [6.07, 6.45) is 1.66. The minimum Gasteiger partial charge on any atom is -0.292 e. The minimum atomic E-state index is -0.966. The number of imide groups is 1. The maximum Gasteiger partial charge on any atom is 0.269 e. The second-order valence-corrected chi connectivity index (χ2v) is 9.16. The van der Waals surface area contributed by atoms with E-state index in [-0.39, 0.29) is 17.2 Å². The van der Waals surface area contributed by atoms with E-state index >= 15 is 0 Å². The molecule has 0 aliphatic carbocycles. The van der Waals surface area contributed by atoms with E-state index in [0.29, 0.717) is 11.1 Å². The van der Waals surface area contributed by atoms with Crippen LogP contribution in [0.1, 0.15) is 33.1 Å². The molecule has 9 nitrogen and oxygen atoms in total. The number of anilines is 1. The van der Waals surface area contributed by atoms with Crippen LogP contribution in [0.5, 0.6) is 0 Å². The molecule has 0 saturated carbocycles. The summed E-state index contributed by atoms with van der Waals surface area (Å²) in [4.78, 5) is 53.4. The fourth-order valence-electron chi connectivity index (χ4n) is 5.68. The van der Waals surface area contributed by atoms with Crippen molar-refractivity contribution < 1.29 is 19.3 Å². The lowest BCUT2D eigenvalue weighted by molar-refractivity contribution is -0.384. The molecule has 36 heavy (non-hydrogen) atoms. The first-order valence-electron chi connectivity index (χ1n) is 11.5. The zero-order valence-electron chi connectivity index (χ0n) is 19.1. The monoisotopic (exact) mass is 480 g/mol. The van der Waals surface area contributed by atoms with Crippen molar-refractivity contribution in [2.75, 3.05) is 4.90 Å². The van der Waals surface area contributed by atoms with Crippen LogP contribution in [0.4, 0.5) is 11.4 Å². The zero-order valence-corrected chi connectivity index (χ0v) is 19.1. The number of rotatable bonds is 4. The first-order chi connectivity index (χ1) is 17.4. The van der Waals surface area contributed by atoms with Crippen LogP contribution in [0.2, 0.25) is 0 Å². The molecule has 9 heteroatoms. The number of carbonyl (C=O) groups is 3. The molecule has 2 fully saturated rings. The lowest BCUT2D eigenvalue weighted by Crippen LogP contribution is -2.44. The van der Waals surface area contributed by atoms with Crippen molar-refractivity contribution in [3.8, 4) is 0 Å². The van der Waals surface area contributed by atoms with E-state index in [4.69, 9.17) is 0 Å². The first-order valence-corrected chi connectivity index (χ1v) is 11.5. The molecule has 178 valence electrons. The van der Waals surface area contributed by atoms with Gasteiger partial charge in [-0.05, 0) is 29.7 Å². The molecule has 0 bridgehead atoms. The molecule has 3 aromatic rings. The summed E-state index contributed by atoms with van der Waals surface area (Å²) < 4.78 is 0. The third-order valence-electron chi connectivity index (χ3n) is 7.25. The fraction of sp³-hybridized carbons (Fsp3) is 0.185. The average molecular weight is 480 g/mol. The lowest BCUT2D eigenvalue weighted by Gasteiger charge is -2.34. The molecule has 2 saturated heterocycles. The van der Waals surface area contributed by atoms with Gasteiger partial charge in [0.25, 0.3) is 5.69 Å². The van der Waals surface area contributed by atoms with Crippen LogP contribution in [0.25, 0.3) is 0 Å². The van der Waals surface area contributed by atoms with Gasteiger partial charge < -0.3 is 0 Å². The minimum absolute atomic E-state index is 0.130. The Morgan fingerprint density at radius 2 is 1.64 bits per heavy atom. The highest BCUT2D eigenvalue weighted by molar-refractivity contribution is 6.25. The van der Waals surface area contributed by atoms with Gasteiger partial charge in [0, 0.05) is 17.7 Å². The summed E-state index contributed by atoms with van der Waals surface area (Å²) in [6.45, 7) is 1.62. The Hall–Kier alpha value is -4.66. The summed E-state index contributed by atoms with van der Waals surface area (Å²) in [5.74, 6) is -3.00. The average Bonchev–Trinajstić information content (AvgIpc) is 3.36. The standard InChI is InChI=1S/C27H20N4O5/c1-15-13-18(31(35)36)11-12-20(15)29-26(33)21-22(27(29)34)24(25(32)16-7-3-2-4-8-16)30-23(21)19-10-6-5-9-17(19)14-28-30/h2-14,21-24H,1H3/t21-,22+,23+,24-/m1/s1. The Morgan fingerprint density at radius 1 is 0.944 bits per heavy atom. The smallest absolute Gasteiger partial charge is 0.269 e. The molecule has 0 unspecified atom stereocenters. The Bertz CT molecular complexity index is 1480. The van der Waals surface area contributed by atoms with Crippen molar-refractivity contribution in [1.82, 2.24) is 5.01 Å². The number of ketones is 1. The molecule has 3 aliphatic heterocycles. The number of carbonyl (C=O) groups excluding carboxylic acids is 3. The third kappa shape index (κ3) is 3.02. The first kappa shape index (κ1) is 21.8. The molecule has 3 aromatic carbocycles. The number of benzene rings is 3. The third-order valence-corrected chi connectivity index (χ3v) is 7.25. The van der Waals surface area contributed by atoms with Gasteiger partial charge in [-0.25, -0.2) is 4.90 Å². The number of non-ortho nitro benzene ring substituents is 1.